The van der Waals surface area contributed by atoms with Gasteiger partial charge in [0.15, 0.2) is 5.09 Å². The molecule has 1 N–H and O–H groups in total. The van der Waals surface area contributed by atoms with E-state index in [2.05, 4.69) is 52.1 Å². The first-order valence-electron chi connectivity index (χ1n) is 7.08. The lowest BCUT2D eigenvalue weighted by Gasteiger charge is -1.99. The van der Waals surface area contributed by atoms with Crippen LogP contribution in [0, 0.1) is 6.92 Å². The Morgan fingerprint density at radius 1 is 1.17 bits per heavy atom. The predicted molar refractivity (Wildman–Crippen MR) is 102 cm³/mol. The molecule has 0 aliphatic heterocycles. The minimum Gasteiger partial charge on any atom is -0.506 e. The standard InChI is InChI=1S/C18H13BrClNO2S/c1-11-2-5-14(6-3-11)24-18-15(19)9-13(23-18)10-21-16-7-4-12(20)8-17(16)22/h2-10,22H,1H3. The number of halogens is 2. The Morgan fingerprint density at radius 3 is 2.62 bits per heavy atom. The smallest absolute Gasteiger partial charge is 0.179 e. The van der Waals surface area contributed by atoms with Gasteiger partial charge in [0.1, 0.15) is 17.2 Å². The van der Waals surface area contributed by atoms with Gasteiger partial charge in [-0.1, -0.05) is 41.1 Å². The molecular formula is C18H13BrClNO2S. The molecule has 0 fully saturated rings. The Hall–Kier alpha value is -1.69. The number of hydrogen-bond acceptors (Lipinski definition) is 4. The first-order chi connectivity index (χ1) is 11.5. The third-order valence-electron chi connectivity index (χ3n) is 3.17. The predicted octanol–water partition coefficient (Wildman–Crippen LogP) is 6.61. The molecule has 3 aromatic rings. The van der Waals surface area contributed by atoms with Crippen molar-refractivity contribution in [3.63, 3.8) is 0 Å². The van der Waals surface area contributed by atoms with E-state index >= 15 is 0 Å². The van der Waals surface area contributed by atoms with Crippen molar-refractivity contribution in [1.82, 2.24) is 0 Å². The molecule has 0 aliphatic carbocycles. The van der Waals surface area contributed by atoms with Crippen molar-refractivity contribution in [2.24, 2.45) is 4.99 Å². The Kier molecular flexibility index (Phi) is 5.33. The number of aromatic hydroxyl groups is 1. The van der Waals surface area contributed by atoms with Crippen molar-refractivity contribution in [2.45, 2.75) is 16.9 Å². The Labute approximate surface area is 157 Å². The van der Waals surface area contributed by atoms with Crippen LogP contribution in [-0.2, 0) is 0 Å². The number of rotatable bonds is 4. The first-order valence-corrected chi connectivity index (χ1v) is 9.06. The maximum Gasteiger partial charge on any atom is 0.179 e. The fourth-order valence-electron chi connectivity index (χ4n) is 1.95. The molecule has 1 heterocycles. The fourth-order valence-corrected chi connectivity index (χ4v) is 3.45. The van der Waals surface area contributed by atoms with Gasteiger partial charge in [0.25, 0.3) is 0 Å². The summed E-state index contributed by atoms with van der Waals surface area (Å²) in [6.07, 6.45) is 1.56. The topological polar surface area (TPSA) is 45.7 Å². The van der Waals surface area contributed by atoms with Crippen LogP contribution in [0.1, 0.15) is 11.3 Å². The maximum atomic E-state index is 9.80. The average molecular weight is 423 g/mol. The number of aliphatic imine (C=N–C) groups is 1. The highest BCUT2D eigenvalue weighted by atomic mass is 79.9. The van der Waals surface area contributed by atoms with Gasteiger partial charge in [-0.05, 0) is 47.1 Å². The van der Waals surface area contributed by atoms with Crippen LogP contribution in [0.5, 0.6) is 5.75 Å². The van der Waals surface area contributed by atoms with E-state index in [9.17, 15) is 5.11 Å². The second-order valence-electron chi connectivity index (χ2n) is 5.09. The molecule has 0 radical (unpaired) electrons. The first kappa shape index (κ1) is 17.1. The highest BCUT2D eigenvalue weighted by molar-refractivity contribution is 9.10. The van der Waals surface area contributed by atoms with Crippen molar-refractivity contribution in [2.75, 3.05) is 0 Å². The van der Waals surface area contributed by atoms with Crippen LogP contribution in [0.2, 0.25) is 5.02 Å². The number of aryl methyl sites for hydroxylation is 1. The van der Waals surface area contributed by atoms with E-state index in [0.29, 0.717) is 16.5 Å². The Bertz CT molecular complexity index is 891. The van der Waals surface area contributed by atoms with Crippen molar-refractivity contribution >= 4 is 51.2 Å². The summed E-state index contributed by atoms with van der Waals surface area (Å²) in [6.45, 7) is 2.05. The van der Waals surface area contributed by atoms with Crippen LogP contribution >= 0.6 is 39.3 Å². The molecule has 122 valence electrons. The van der Waals surface area contributed by atoms with Gasteiger partial charge in [0, 0.05) is 22.1 Å². The monoisotopic (exact) mass is 421 g/mol. The van der Waals surface area contributed by atoms with Gasteiger partial charge >= 0.3 is 0 Å². The fraction of sp³-hybridized carbons (Fsp3) is 0.0556. The number of benzene rings is 2. The molecule has 0 spiro atoms. The molecule has 3 nitrogen and oxygen atoms in total. The van der Waals surface area contributed by atoms with Gasteiger partial charge in [-0.25, -0.2) is 4.99 Å². The van der Waals surface area contributed by atoms with E-state index in [1.807, 2.05) is 6.07 Å². The van der Waals surface area contributed by atoms with E-state index in [0.717, 1.165) is 14.5 Å². The van der Waals surface area contributed by atoms with Gasteiger partial charge in [-0.15, -0.1) is 0 Å². The number of nitrogens with zero attached hydrogens (tertiary/aromatic N) is 1. The summed E-state index contributed by atoms with van der Waals surface area (Å²) < 4.78 is 6.65. The van der Waals surface area contributed by atoms with Crippen molar-refractivity contribution < 1.29 is 9.52 Å². The molecule has 0 saturated heterocycles. The van der Waals surface area contributed by atoms with Crippen LogP contribution in [0.15, 0.2) is 72.4 Å². The Balaban J connectivity index is 1.78. The van der Waals surface area contributed by atoms with E-state index in [1.165, 1.54) is 23.4 Å². The molecule has 0 atom stereocenters. The van der Waals surface area contributed by atoms with E-state index in [1.54, 1.807) is 18.3 Å². The van der Waals surface area contributed by atoms with Crippen LogP contribution < -0.4 is 0 Å². The average Bonchev–Trinajstić information content (AvgIpc) is 2.89. The van der Waals surface area contributed by atoms with Gasteiger partial charge < -0.3 is 9.52 Å². The second kappa shape index (κ2) is 7.47. The highest BCUT2D eigenvalue weighted by Crippen LogP contribution is 2.36. The zero-order valence-corrected chi connectivity index (χ0v) is 15.8. The third-order valence-corrected chi connectivity index (χ3v) is 5.26. The summed E-state index contributed by atoms with van der Waals surface area (Å²) in [6, 6.07) is 14.8. The summed E-state index contributed by atoms with van der Waals surface area (Å²) in [7, 11) is 0. The molecule has 3 rings (SSSR count). The molecular weight excluding hydrogens is 410 g/mol. The molecule has 0 bridgehead atoms. The quantitative estimate of drug-likeness (QED) is 0.481. The van der Waals surface area contributed by atoms with E-state index in [-0.39, 0.29) is 5.75 Å². The number of hydrogen-bond donors (Lipinski definition) is 1. The zero-order valence-electron chi connectivity index (χ0n) is 12.7. The van der Waals surface area contributed by atoms with Crippen molar-refractivity contribution in [3.8, 4) is 5.75 Å². The summed E-state index contributed by atoms with van der Waals surface area (Å²) in [4.78, 5) is 5.32. The summed E-state index contributed by atoms with van der Waals surface area (Å²) in [5, 5.41) is 11.0. The summed E-state index contributed by atoms with van der Waals surface area (Å²) >= 11 is 10.8. The van der Waals surface area contributed by atoms with Crippen LogP contribution in [0.4, 0.5) is 5.69 Å². The molecule has 2 aromatic carbocycles. The van der Waals surface area contributed by atoms with Crippen LogP contribution in [-0.4, -0.2) is 11.3 Å². The van der Waals surface area contributed by atoms with Gasteiger partial charge in [0.05, 0.1) is 10.7 Å². The van der Waals surface area contributed by atoms with E-state index in [4.69, 9.17) is 16.0 Å². The van der Waals surface area contributed by atoms with Gasteiger partial charge in [-0.2, -0.15) is 0 Å². The summed E-state index contributed by atoms with van der Waals surface area (Å²) in [5.41, 5.74) is 1.65. The largest absolute Gasteiger partial charge is 0.506 e. The number of furan rings is 1. The molecule has 0 unspecified atom stereocenters. The lowest BCUT2D eigenvalue weighted by atomic mass is 10.2. The Morgan fingerprint density at radius 2 is 1.92 bits per heavy atom. The maximum absolute atomic E-state index is 9.80. The number of phenolic OH excluding ortho intramolecular Hbond substituents is 1. The highest BCUT2D eigenvalue weighted by Gasteiger charge is 2.10. The second-order valence-corrected chi connectivity index (χ2v) is 7.43. The van der Waals surface area contributed by atoms with E-state index < -0.39 is 0 Å². The van der Waals surface area contributed by atoms with Gasteiger partial charge in [0.2, 0.25) is 0 Å². The lowest BCUT2D eigenvalue weighted by Crippen LogP contribution is -1.76. The minimum atomic E-state index is 0.0265. The van der Waals surface area contributed by atoms with Gasteiger partial charge in [-0.3, -0.25) is 0 Å². The molecule has 0 aliphatic rings. The van der Waals surface area contributed by atoms with Crippen molar-refractivity contribution in [3.05, 3.63) is 69.3 Å². The molecule has 1 aromatic heterocycles. The SMILES string of the molecule is Cc1ccc(Sc2oc(C=Nc3ccc(Cl)cc3O)cc2Br)cc1. The molecule has 0 saturated carbocycles. The van der Waals surface area contributed by atoms with Crippen LogP contribution in [0.25, 0.3) is 0 Å². The molecule has 6 heteroatoms. The van der Waals surface area contributed by atoms with Crippen molar-refractivity contribution in [1.29, 1.82) is 0 Å². The normalized spacial score (nSPS) is 11.3. The third kappa shape index (κ3) is 4.23. The molecule has 0 amide bonds. The lowest BCUT2D eigenvalue weighted by molar-refractivity contribution is 0.466. The zero-order chi connectivity index (χ0) is 17.1. The summed E-state index contributed by atoms with van der Waals surface area (Å²) in [5.74, 6) is 0.615. The minimum absolute atomic E-state index is 0.0265. The number of phenols is 1. The van der Waals surface area contributed by atoms with Crippen LogP contribution in [0.3, 0.4) is 0 Å². The molecule has 24 heavy (non-hydrogen) atoms.